The summed E-state index contributed by atoms with van der Waals surface area (Å²) < 4.78 is 7.31. The number of aryl methyl sites for hydroxylation is 2. The molecule has 1 aromatic rings. The summed E-state index contributed by atoms with van der Waals surface area (Å²) in [6.45, 7) is 6.88. The molecule has 0 amide bonds. The standard InChI is InChI=1S/C13H26N4O/c1-11-9-17(8-6-7-16(3)4)13(14-11)15-12(2)10-18-5/h9,12H,6-8,10H2,1-5H3,(H,14,15). The van der Waals surface area contributed by atoms with Crippen LogP contribution >= 0.6 is 0 Å². The van der Waals surface area contributed by atoms with E-state index in [9.17, 15) is 0 Å². The maximum atomic E-state index is 5.13. The van der Waals surface area contributed by atoms with Gasteiger partial charge in [0.1, 0.15) is 0 Å². The largest absolute Gasteiger partial charge is 0.383 e. The summed E-state index contributed by atoms with van der Waals surface area (Å²) in [7, 11) is 5.91. The number of hydrogen-bond acceptors (Lipinski definition) is 4. The van der Waals surface area contributed by atoms with Crippen molar-refractivity contribution < 1.29 is 4.74 Å². The molecule has 1 unspecified atom stereocenters. The highest BCUT2D eigenvalue weighted by Gasteiger charge is 2.08. The third kappa shape index (κ3) is 5.06. The Kier molecular flexibility index (Phi) is 6.15. The van der Waals surface area contributed by atoms with E-state index < -0.39 is 0 Å². The van der Waals surface area contributed by atoms with Crippen LogP contribution in [0, 0.1) is 6.92 Å². The molecular weight excluding hydrogens is 228 g/mol. The Bertz CT molecular complexity index is 349. The molecule has 1 aromatic heterocycles. The molecule has 0 bridgehead atoms. The lowest BCUT2D eigenvalue weighted by Crippen LogP contribution is -2.23. The van der Waals surface area contributed by atoms with E-state index in [2.05, 4.69) is 47.0 Å². The lowest BCUT2D eigenvalue weighted by atomic mass is 10.3. The van der Waals surface area contributed by atoms with Crippen molar-refractivity contribution in [1.82, 2.24) is 14.5 Å². The summed E-state index contributed by atoms with van der Waals surface area (Å²) in [5, 5.41) is 3.38. The van der Waals surface area contributed by atoms with Crippen LogP contribution in [0.4, 0.5) is 5.95 Å². The fraction of sp³-hybridized carbons (Fsp3) is 0.769. The van der Waals surface area contributed by atoms with Gasteiger partial charge in [-0.1, -0.05) is 0 Å². The molecule has 5 nitrogen and oxygen atoms in total. The second kappa shape index (κ2) is 7.38. The van der Waals surface area contributed by atoms with Crippen molar-refractivity contribution in [3.63, 3.8) is 0 Å². The van der Waals surface area contributed by atoms with Crippen LogP contribution in [-0.2, 0) is 11.3 Å². The molecule has 0 spiro atoms. The van der Waals surface area contributed by atoms with Crippen molar-refractivity contribution in [1.29, 1.82) is 0 Å². The SMILES string of the molecule is COCC(C)Nc1nc(C)cn1CCCN(C)C. The molecule has 18 heavy (non-hydrogen) atoms. The van der Waals surface area contributed by atoms with E-state index >= 15 is 0 Å². The Balaban J connectivity index is 2.55. The average molecular weight is 254 g/mol. The Morgan fingerprint density at radius 2 is 2.22 bits per heavy atom. The van der Waals surface area contributed by atoms with Gasteiger partial charge in [0.25, 0.3) is 0 Å². The number of imidazole rings is 1. The van der Waals surface area contributed by atoms with Crippen molar-refractivity contribution in [3.8, 4) is 0 Å². The van der Waals surface area contributed by atoms with Crippen molar-refractivity contribution >= 4 is 5.95 Å². The highest BCUT2D eigenvalue weighted by atomic mass is 16.5. The molecule has 0 saturated carbocycles. The fourth-order valence-electron chi connectivity index (χ4n) is 1.90. The van der Waals surface area contributed by atoms with Crippen molar-refractivity contribution in [2.75, 3.05) is 39.7 Å². The monoisotopic (exact) mass is 254 g/mol. The van der Waals surface area contributed by atoms with Crippen molar-refractivity contribution in [2.45, 2.75) is 32.9 Å². The summed E-state index contributed by atoms with van der Waals surface area (Å²) in [4.78, 5) is 6.71. The Hall–Kier alpha value is -1.07. The zero-order valence-corrected chi connectivity index (χ0v) is 12.2. The first-order valence-electron chi connectivity index (χ1n) is 6.47. The lowest BCUT2D eigenvalue weighted by Gasteiger charge is -2.16. The van der Waals surface area contributed by atoms with Gasteiger partial charge in [0.05, 0.1) is 12.3 Å². The van der Waals surface area contributed by atoms with Gasteiger partial charge in [-0.05, 0) is 40.9 Å². The Morgan fingerprint density at radius 3 is 2.83 bits per heavy atom. The Morgan fingerprint density at radius 1 is 1.50 bits per heavy atom. The highest BCUT2D eigenvalue weighted by molar-refractivity contribution is 5.30. The smallest absolute Gasteiger partial charge is 0.203 e. The number of ether oxygens (including phenoxy) is 1. The fourth-order valence-corrected chi connectivity index (χ4v) is 1.90. The number of methoxy groups -OCH3 is 1. The van der Waals surface area contributed by atoms with Gasteiger partial charge in [-0.3, -0.25) is 0 Å². The summed E-state index contributed by atoms with van der Waals surface area (Å²) in [5.74, 6) is 0.941. The normalized spacial score (nSPS) is 13.0. The Labute approximate surface area is 110 Å². The van der Waals surface area contributed by atoms with Crippen LogP contribution in [0.2, 0.25) is 0 Å². The summed E-state index contributed by atoms with van der Waals surface area (Å²) >= 11 is 0. The van der Waals surface area contributed by atoms with E-state index in [4.69, 9.17) is 4.74 Å². The van der Waals surface area contributed by atoms with E-state index in [0.29, 0.717) is 6.61 Å². The molecule has 0 aliphatic heterocycles. The van der Waals surface area contributed by atoms with Crippen LogP contribution in [0.3, 0.4) is 0 Å². The average Bonchev–Trinajstić information content (AvgIpc) is 2.58. The van der Waals surface area contributed by atoms with Gasteiger partial charge in [0.2, 0.25) is 5.95 Å². The van der Waals surface area contributed by atoms with Crippen LogP contribution in [0.1, 0.15) is 19.0 Å². The molecule has 0 saturated heterocycles. The second-order valence-electron chi connectivity index (χ2n) is 5.06. The van der Waals surface area contributed by atoms with Gasteiger partial charge in [-0.25, -0.2) is 4.98 Å². The predicted octanol–water partition coefficient (Wildman–Crippen LogP) is 1.59. The molecule has 0 radical (unpaired) electrons. The van der Waals surface area contributed by atoms with Crippen LogP contribution in [0.5, 0.6) is 0 Å². The molecule has 0 aliphatic rings. The number of nitrogens with zero attached hydrogens (tertiary/aromatic N) is 3. The predicted molar refractivity (Wildman–Crippen MR) is 75.1 cm³/mol. The van der Waals surface area contributed by atoms with E-state index in [1.165, 1.54) is 0 Å². The zero-order valence-electron chi connectivity index (χ0n) is 12.2. The van der Waals surface area contributed by atoms with E-state index in [1.807, 2.05) is 6.92 Å². The highest BCUT2D eigenvalue weighted by Crippen LogP contribution is 2.10. The van der Waals surface area contributed by atoms with Crippen LogP contribution < -0.4 is 5.32 Å². The molecule has 1 heterocycles. The first kappa shape index (κ1) is 15.0. The van der Waals surface area contributed by atoms with E-state index in [0.717, 1.165) is 31.2 Å². The first-order chi connectivity index (χ1) is 8.52. The summed E-state index contributed by atoms with van der Waals surface area (Å²) in [6.07, 6.45) is 3.22. The zero-order chi connectivity index (χ0) is 13.5. The lowest BCUT2D eigenvalue weighted by molar-refractivity contribution is 0.190. The van der Waals surface area contributed by atoms with Crippen molar-refractivity contribution in [3.05, 3.63) is 11.9 Å². The minimum absolute atomic E-state index is 0.268. The molecule has 1 atom stereocenters. The number of aromatic nitrogens is 2. The van der Waals surface area contributed by atoms with Crippen LogP contribution in [0.25, 0.3) is 0 Å². The molecular formula is C13H26N4O. The molecule has 1 N–H and O–H groups in total. The number of nitrogens with one attached hydrogen (secondary N) is 1. The van der Waals surface area contributed by atoms with Gasteiger partial charge < -0.3 is 19.5 Å². The van der Waals surface area contributed by atoms with E-state index in [-0.39, 0.29) is 6.04 Å². The summed E-state index contributed by atoms with van der Waals surface area (Å²) in [5.41, 5.74) is 1.05. The minimum Gasteiger partial charge on any atom is -0.383 e. The number of hydrogen-bond donors (Lipinski definition) is 1. The molecule has 0 aliphatic carbocycles. The van der Waals surface area contributed by atoms with Gasteiger partial charge >= 0.3 is 0 Å². The second-order valence-corrected chi connectivity index (χ2v) is 5.06. The summed E-state index contributed by atoms with van der Waals surface area (Å²) in [6, 6.07) is 0.268. The number of rotatable bonds is 8. The topological polar surface area (TPSA) is 42.3 Å². The molecule has 0 fully saturated rings. The molecule has 1 rings (SSSR count). The number of anilines is 1. The van der Waals surface area contributed by atoms with Gasteiger partial charge in [0.15, 0.2) is 0 Å². The molecule has 0 aromatic carbocycles. The third-order valence-corrected chi connectivity index (χ3v) is 2.69. The van der Waals surface area contributed by atoms with Gasteiger partial charge in [0, 0.05) is 25.9 Å². The molecule has 5 heteroatoms. The quantitative estimate of drug-likeness (QED) is 0.765. The van der Waals surface area contributed by atoms with Crippen molar-refractivity contribution in [2.24, 2.45) is 0 Å². The van der Waals surface area contributed by atoms with Crippen LogP contribution in [0.15, 0.2) is 6.20 Å². The molecule has 104 valence electrons. The third-order valence-electron chi connectivity index (χ3n) is 2.69. The van der Waals surface area contributed by atoms with E-state index in [1.54, 1.807) is 7.11 Å². The maximum Gasteiger partial charge on any atom is 0.203 e. The maximum absolute atomic E-state index is 5.13. The van der Waals surface area contributed by atoms with Gasteiger partial charge in [-0.2, -0.15) is 0 Å². The first-order valence-corrected chi connectivity index (χ1v) is 6.47. The van der Waals surface area contributed by atoms with Crippen LogP contribution in [-0.4, -0.2) is 54.8 Å². The van der Waals surface area contributed by atoms with Gasteiger partial charge in [-0.15, -0.1) is 0 Å². The minimum atomic E-state index is 0.268.